The minimum atomic E-state index is -0.738. The smallest absolute Gasteiger partial charge is 0.303 e. The van der Waals surface area contributed by atoms with E-state index in [1.54, 1.807) is 23.3 Å². The van der Waals surface area contributed by atoms with Crippen molar-refractivity contribution in [3.63, 3.8) is 0 Å². The van der Waals surface area contributed by atoms with Crippen molar-refractivity contribution < 1.29 is 19.1 Å². The molecule has 1 aliphatic heterocycles. The Bertz CT molecular complexity index is 726. The normalized spacial score (nSPS) is 21.1. The highest BCUT2D eigenvalue weighted by Crippen LogP contribution is 2.43. The van der Waals surface area contributed by atoms with E-state index in [1.807, 2.05) is 48.0 Å². The maximum absolute atomic E-state index is 12.6. The summed E-state index contributed by atoms with van der Waals surface area (Å²) < 4.78 is 10.4. The van der Waals surface area contributed by atoms with Crippen LogP contribution < -0.4 is 4.74 Å². The van der Waals surface area contributed by atoms with Crippen LogP contribution in [0.15, 0.2) is 41.1 Å². The van der Waals surface area contributed by atoms with Crippen molar-refractivity contribution in [3.05, 3.63) is 52.2 Å². The first-order valence-electron chi connectivity index (χ1n) is 7.68. The molecule has 3 unspecified atom stereocenters. The lowest BCUT2D eigenvalue weighted by atomic mass is 9.88. The highest BCUT2D eigenvalue weighted by Gasteiger charge is 2.52. The van der Waals surface area contributed by atoms with E-state index in [1.165, 1.54) is 6.92 Å². The van der Waals surface area contributed by atoms with Crippen LogP contribution in [-0.4, -0.2) is 30.0 Å². The number of nitrogens with zero attached hydrogens (tertiary/aromatic N) is 1. The number of thiophene rings is 1. The van der Waals surface area contributed by atoms with Crippen molar-refractivity contribution in [1.29, 1.82) is 0 Å². The van der Waals surface area contributed by atoms with E-state index in [9.17, 15) is 9.59 Å². The van der Waals surface area contributed by atoms with Crippen LogP contribution >= 0.6 is 11.3 Å². The van der Waals surface area contributed by atoms with Gasteiger partial charge in [-0.05, 0) is 47.0 Å². The Balaban J connectivity index is 1.87. The number of ether oxygens (including phenoxy) is 2. The molecule has 1 fully saturated rings. The van der Waals surface area contributed by atoms with Crippen LogP contribution in [-0.2, 0) is 14.3 Å². The van der Waals surface area contributed by atoms with Gasteiger partial charge >= 0.3 is 5.97 Å². The fraction of sp³-hybridized carbons (Fsp3) is 0.333. The van der Waals surface area contributed by atoms with Gasteiger partial charge in [-0.25, -0.2) is 0 Å². The maximum atomic E-state index is 12.6. The minimum absolute atomic E-state index is 0.125. The van der Waals surface area contributed by atoms with Crippen LogP contribution in [0.4, 0.5) is 0 Å². The van der Waals surface area contributed by atoms with Gasteiger partial charge < -0.3 is 14.4 Å². The predicted octanol–water partition coefficient (Wildman–Crippen LogP) is 3.33. The van der Waals surface area contributed by atoms with E-state index in [-0.39, 0.29) is 18.0 Å². The molecule has 24 heavy (non-hydrogen) atoms. The first-order valence-corrected chi connectivity index (χ1v) is 8.62. The Hall–Kier alpha value is -2.34. The Morgan fingerprint density at radius 2 is 1.96 bits per heavy atom. The number of carbonyl (C=O) groups excluding carboxylic acids is 2. The molecule has 3 rings (SSSR count). The zero-order valence-corrected chi connectivity index (χ0v) is 14.6. The number of hydrogen-bond acceptors (Lipinski definition) is 5. The average Bonchev–Trinajstić information content (AvgIpc) is 3.10. The number of amides is 1. The molecule has 1 amide bonds. The summed E-state index contributed by atoms with van der Waals surface area (Å²) in [6.07, 6.45) is -0.738. The van der Waals surface area contributed by atoms with Crippen molar-refractivity contribution in [2.24, 2.45) is 0 Å². The van der Waals surface area contributed by atoms with Gasteiger partial charge in [0.25, 0.3) is 5.91 Å². The number of β-lactam (4-membered cyclic amide) rings is 1. The molecule has 1 aromatic carbocycles. The van der Waals surface area contributed by atoms with Gasteiger partial charge in [0.2, 0.25) is 6.10 Å². The lowest BCUT2D eigenvalue weighted by Crippen LogP contribution is -2.60. The largest absolute Gasteiger partial charge is 0.497 e. The molecule has 1 aliphatic rings. The van der Waals surface area contributed by atoms with Crippen LogP contribution in [0.25, 0.3) is 0 Å². The summed E-state index contributed by atoms with van der Waals surface area (Å²) in [6.45, 7) is 3.30. The molecule has 2 heterocycles. The third-order valence-electron chi connectivity index (χ3n) is 4.28. The van der Waals surface area contributed by atoms with Gasteiger partial charge in [-0.1, -0.05) is 12.1 Å². The van der Waals surface area contributed by atoms with Gasteiger partial charge in [0.15, 0.2) is 0 Å². The predicted molar refractivity (Wildman–Crippen MR) is 90.9 cm³/mol. The maximum Gasteiger partial charge on any atom is 0.303 e. The Morgan fingerprint density at radius 1 is 1.25 bits per heavy atom. The van der Waals surface area contributed by atoms with Crippen LogP contribution in [0.2, 0.25) is 0 Å². The number of rotatable bonds is 5. The SMILES string of the molecule is COc1ccc(C(C)N2C(=O)C(OC(C)=O)C2c2ccsc2)cc1. The van der Waals surface area contributed by atoms with E-state index in [4.69, 9.17) is 9.47 Å². The van der Waals surface area contributed by atoms with Crippen molar-refractivity contribution >= 4 is 23.2 Å². The molecule has 2 aromatic rings. The van der Waals surface area contributed by atoms with E-state index in [2.05, 4.69) is 0 Å². The molecule has 0 N–H and O–H groups in total. The molecule has 0 radical (unpaired) electrons. The van der Waals surface area contributed by atoms with Crippen LogP contribution in [0.1, 0.15) is 37.1 Å². The molecule has 0 saturated carbocycles. The summed E-state index contributed by atoms with van der Waals surface area (Å²) in [4.78, 5) is 25.7. The second kappa shape index (κ2) is 6.65. The second-order valence-corrected chi connectivity index (χ2v) is 6.51. The number of benzene rings is 1. The molecule has 0 spiro atoms. The summed E-state index contributed by atoms with van der Waals surface area (Å²) in [7, 11) is 1.62. The average molecular weight is 345 g/mol. The monoisotopic (exact) mass is 345 g/mol. The molecule has 5 nitrogen and oxygen atoms in total. The Kier molecular flexibility index (Phi) is 4.57. The fourth-order valence-electron chi connectivity index (χ4n) is 3.03. The first kappa shape index (κ1) is 16.5. The van der Waals surface area contributed by atoms with Gasteiger partial charge in [-0.15, -0.1) is 0 Å². The molecular weight excluding hydrogens is 326 g/mol. The molecule has 0 aliphatic carbocycles. The van der Waals surface area contributed by atoms with E-state index >= 15 is 0 Å². The highest BCUT2D eigenvalue weighted by molar-refractivity contribution is 7.08. The quantitative estimate of drug-likeness (QED) is 0.616. The highest BCUT2D eigenvalue weighted by atomic mass is 32.1. The molecule has 1 aromatic heterocycles. The third-order valence-corrected chi connectivity index (χ3v) is 4.98. The van der Waals surface area contributed by atoms with Gasteiger partial charge in [-0.3, -0.25) is 9.59 Å². The van der Waals surface area contributed by atoms with Crippen LogP contribution in [0.5, 0.6) is 5.75 Å². The minimum Gasteiger partial charge on any atom is -0.497 e. The standard InChI is InChI=1S/C18H19NO4S/c1-11(13-4-6-15(22-3)7-5-13)19-16(14-8-9-24-10-14)17(18(19)21)23-12(2)20/h4-11,16-17H,1-3H3. The number of hydrogen-bond donors (Lipinski definition) is 0. The summed E-state index contributed by atoms with van der Waals surface area (Å²) in [5.41, 5.74) is 2.00. The number of likely N-dealkylation sites (tertiary alicyclic amines) is 1. The lowest BCUT2D eigenvalue weighted by Gasteiger charge is -2.49. The molecule has 126 valence electrons. The zero-order valence-electron chi connectivity index (χ0n) is 13.8. The van der Waals surface area contributed by atoms with E-state index in [0.29, 0.717) is 0 Å². The summed E-state index contributed by atoms with van der Waals surface area (Å²) in [5.74, 6) is 0.170. The van der Waals surface area contributed by atoms with Gasteiger partial charge in [0.1, 0.15) is 11.8 Å². The molecule has 6 heteroatoms. The summed E-state index contributed by atoms with van der Waals surface area (Å²) >= 11 is 1.56. The van der Waals surface area contributed by atoms with Gasteiger partial charge in [0.05, 0.1) is 13.2 Å². The van der Waals surface area contributed by atoms with Gasteiger partial charge in [-0.2, -0.15) is 11.3 Å². The topological polar surface area (TPSA) is 55.8 Å². The lowest BCUT2D eigenvalue weighted by molar-refractivity contribution is -0.186. The fourth-order valence-corrected chi connectivity index (χ4v) is 3.72. The third kappa shape index (κ3) is 2.89. The van der Waals surface area contributed by atoms with Crippen molar-refractivity contribution in [2.75, 3.05) is 7.11 Å². The first-order chi connectivity index (χ1) is 11.5. The van der Waals surface area contributed by atoms with Crippen molar-refractivity contribution in [1.82, 2.24) is 4.90 Å². The zero-order chi connectivity index (χ0) is 17.3. The number of carbonyl (C=O) groups is 2. The molecule has 1 saturated heterocycles. The molecular formula is C18H19NO4S. The summed E-state index contributed by atoms with van der Waals surface area (Å²) in [5, 5.41) is 3.94. The van der Waals surface area contributed by atoms with Crippen LogP contribution in [0.3, 0.4) is 0 Å². The van der Waals surface area contributed by atoms with Crippen molar-refractivity contribution in [3.8, 4) is 5.75 Å². The Labute approximate surface area is 144 Å². The van der Waals surface area contributed by atoms with Crippen molar-refractivity contribution in [2.45, 2.75) is 32.0 Å². The second-order valence-electron chi connectivity index (χ2n) is 5.73. The number of methoxy groups -OCH3 is 1. The Morgan fingerprint density at radius 3 is 2.50 bits per heavy atom. The molecule has 3 atom stereocenters. The summed E-state index contributed by atoms with van der Waals surface area (Å²) in [6, 6.07) is 9.23. The van der Waals surface area contributed by atoms with E-state index in [0.717, 1.165) is 16.9 Å². The number of esters is 1. The van der Waals surface area contributed by atoms with E-state index < -0.39 is 12.1 Å². The molecule has 0 bridgehead atoms. The van der Waals surface area contributed by atoms with Gasteiger partial charge in [0, 0.05) is 6.92 Å². The van der Waals surface area contributed by atoms with Crippen LogP contribution in [0, 0.1) is 0 Å².